The number of anilines is 1. The van der Waals surface area contributed by atoms with Crippen molar-refractivity contribution in [2.24, 2.45) is 7.05 Å². The van der Waals surface area contributed by atoms with Crippen molar-refractivity contribution < 1.29 is 20.1 Å². The lowest BCUT2D eigenvalue weighted by Crippen LogP contribution is -2.36. The average Bonchev–Trinajstić information content (AvgIpc) is 3.01. The van der Waals surface area contributed by atoms with Crippen molar-refractivity contribution in [1.82, 2.24) is 14.8 Å². The average molecular weight is 424 g/mol. The van der Waals surface area contributed by atoms with Crippen LogP contribution in [0, 0.1) is 11.3 Å². The number of piperidine rings is 1. The third-order valence-electron chi connectivity index (χ3n) is 4.37. The molecule has 0 spiro atoms. The minimum Gasteiger partial charge on any atom is -0.415 e. The molecular weight excluding hydrogens is 406 g/mol. The van der Waals surface area contributed by atoms with E-state index in [1.165, 1.54) is 6.07 Å². The normalized spacial score (nSPS) is 15.8. The van der Waals surface area contributed by atoms with Gasteiger partial charge in [0.25, 0.3) is 0 Å². The third-order valence-corrected chi connectivity index (χ3v) is 5.01. The summed E-state index contributed by atoms with van der Waals surface area (Å²) < 4.78 is 7.27. The number of aromatic nitrogens is 3. The van der Waals surface area contributed by atoms with Crippen molar-refractivity contribution in [2.75, 3.05) is 18.0 Å². The highest BCUT2D eigenvalue weighted by molar-refractivity contribution is 9.10. The highest BCUT2D eigenvalue weighted by Crippen LogP contribution is 2.39. The van der Waals surface area contributed by atoms with Crippen LogP contribution in [-0.4, -0.2) is 49.3 Å². The summed E-state index contributed by atoms with van der Waals surface area (Å²) in [6, 6.07) is 5.03. The zero-order valence-electron chi connectivity index (χ0n) is 14.0. The largest absolute Gasteiger partial charge is 0.453 e. The summed E-state index contributed by atoms with van der Waals surface area (Å²) in [5, 5.41) is 44.8. The fraction of sp³-hybridized carbons (Fsp3) is 0.438. The maximum atomic E-state index is 9.55. The molecule has 1 saturated heterocycles. The van der Waals surface area contributed by atoms with Gasteiger partial charge in [-0.2, -0.15) is 5.26 Å². The minimum atomic E-state index is -3.35. The molecule has 0 atom stereocenters. The van der Waals surface area contributed by atoms with Crippen molar-refractivity contribution in [3.05, 3.63) is 34.3 Å². The molecule has 0 unspecified atom stereocenters. The monoisotopic (exact) mass is 423 g/mol. The summed E-state index contributed by atoms with van der Waals surface area (Å²) in [5.74, 6) is 1.10. The number of halogens is 1. The predicted molar refractivity (Wildman–Crippen MR) is 94.1 cm³/mol. The quantitative estimate of drug-likeness (QED) is 0.616. The zero-order valence-corrected chi connectivity index (χ0v) is 15.6. The molecule has 1 aliphatic heterocycles. The van der Waals surface area contributed by atoms with Gasteiger partial charge < -0.3 is 29.5 Å². The van der Waals surface area contributed by atoms with Crippen LogP contribution in [0.1, 0.15) is 30.1 Å². The summed E-state index contributed by atoms with van der Waals surface area (Å²) >= 11 is 3.44. The topological polar surface area (TPSA) is 128 Å². The Labute approximate surface area is 158 Å². The molecule has 10 heteroatoms. The molecule has 3 N–H and O–H groups in total. The Hall–Kier alpha value is -2.19. The first-order valence-electron chi connectivity index (χ1n) is 7.97. The van der Waals surface area contributed by atoms with Crippen LogP contribution < -0.4 is 9.64 Å². The van der Waals surface area contributed by atoms with Crippen molar-refractivity contribution >= 4 is 21.6 Å². The molecule has 26 heavy (non-hydrogen) atoms. The fourth-order valence-corrected chi connectivity index (χ4v) is 3.80. The van der Waals surface area contributed by atoms with Gasteiger partial charge >= 0.3 is 6.16 Å². The Kier molecular flexibility index (Phi) is 5.15. The van der Waals surface area contributed by atoms with Gasteiger partial charge in [0.2, 0.25) is 0 Å². The van der Waals surface area contributed by atoms with Crippen LogP contribution in [0.4, 0.5) is 5.69 Å². The third kappa shape index (κ3) is 3.81. The molecule has 1 aliphatic rings. The number of aliphatic hydroxyl groups is 3. The lowest BCUT2D eigenvalue weighted by atomic mass is 9.95. The number of nitriles is 1. The van der Waals surface area contributed by atoms with E-state index in [1.807, 2.05) is 22.6 Å². The molecule has 3 rings (SSSR count). The Morgan fingerprint density at radius 2 is 2.00 bits per heavy atom. The maximum Gasteiger partial charge on any atom is 0.453 e. The highest BCUT2D eigenvalue weighted by atomic mass is 79.9. The summed E-state index contributed by atoms with van der Waals surface area (Å²) in [6.45, 7) is 1.35. The summed E-state index contributed by atoms with van der Waals surface area (Å²) in [6.07, 6.45) is -0.00948. The molecule has 0 amide bonds. The van der Waals surface area contributed by atoms with Gasteiger partial charge in [-0.05, 0) is 40.9 Å². The van der Waals surface area contributed by atoms with Crippen LogP contribution in [0.3, 0.4) is 0 Å². The van der Waals surface area contributed by atoms with Crippen LogP contribution in [0.5, 0.6) is 5.75 Å². The number of nitrogens with zero attached hydrogens (tertiary/aromatic N) is 5. The van der Waals surface area contributed by atoms with Gasteiger partial charge in [-0.25, -0.2) is 0 Å². The minimum absolute atomic E-state index is 0.109. The second-order valence-electron chi connectivity index (χ2n) is 6.12. The van der Waals surface area contributed by atoms with Gasteiger partial charge in [0.1, 0.15) is 29.5 Å². The van der Waals surface area contributed by atoms with Gasteiger partial charge in [-0.3, -0.25) is 0 Å². The Balaban J connectivity index is 1.85. The first-order valence-corrected chi connectivity index (χ1v) is 8.77. The molecule has 138 valence electrons. The van der Waals surface area contributed by atoms with Crippen LogP contribution in [0.2, 0.25) is 0 Å². The highest BCUT2D eigenvalue weighted by Gasteiger charge is 2.29. The molecule has 2 heterocycles. The van der Waals surface area contributed by atoms with E-state index in [0.29, 0.717) is 23.2 Å². The number of hydrogen-bond donors (Lipinski definition) is 3. The van der Waals surface area contributed by atoms with E-state index in [2.05, 4.69) is 30.9 Å². The van der Waals surface area contributed by atoms with Crippen LogP contribution >= 0.6 is 15.9 Å². The molecule has 0 saturated carbocycles. The van der Waals surface area contributed by atoms with Gasteiger partial charge in [-0.1, -0.05) is 0 Å². The van der Waals surface area contributed by atoms with Gasteiger partial charge in [-0.15, -0.1) is 10.2 Å². The first-order chi connectivity index (χ1) is 12.3. The molecule has 1 aromatic carbocycles. The van der Waals surface area contributed by atoms with E-state index in [4.69, 9.17) is 15.3 Å². The fourth-order valence-electron chi connectivity index (χ4n) is 3.22. The number of benzene rings is 1. The summed E-state index contributed by atoms with van der Waals surface area (Å²) in [5.41, 5.74) is 0.698. The lowest BCUT2D eigenvalue weighted by molar-refractivity contribution is -0.419. The number of rotatable bonds is 4. The predicted octanol–water partition coefficient (Wildman–Crippen LogP) is 0.800. The van der Waals surface area contributed by atoms with Crippen molar-refractivity contribution in [3.63, 3.8) is 0 Å². The summed E-state index contributed by atoms with van der Waals surface area (Å²) in [7, 11) is 1.91. The maximum absolute atomic E-state index is 9.55. The van der Waals surface area contributed by atoms with Crippen molar-refractivity contribution in [3.8, 4) is 11.8 Å². The van der Waals surface area contributed by atoms with E-state index >= 15 is 0 Å². The van der Waals surface area contributed by atoms with Gasteiger partial charge in [0.15, 0.2) is 0 Å². The molecule has 0 aliphatic carbocycles. The standard InChI is InChI=1S/C16H18BrN5O4/c1-21-9-19-20-15(21)10-4-6-22(7-5-10)14-11(8-18)13(3-2-12(14)17)26-16(23,24)25/h2-3,9-10,23-25H,4-7H2,1H3. The van der Waals surface area contributed by atoms with Crippen LogP contribution in [-0.2, 0) is 7.05 Å². The van der Waals surface area contributed by atoms with Gasteiger partial charge in [0.05, 0.1) is 5.69 Å². The van der Waals surface area contributed by atoms with E-state index in [0.717, 1.165) is 18.7 Å². The van der Waals surface area contributed by atoms with Crippen molar-refractivity contribution in [1.29, 1.82) is 5.26 Å². The van der Waals surface area contributed by atoms with E-state index < -0.39 is 6.16 Å². The molecule has 0 radical (unpaired) electrons. The molecule has 1 fully saturated rings. The van der Waals surface area contributed by atoms with E-state index in [-0.39, 0.29) is 17.2 Å². The molecule has 9 nitrogen and oxygen atoms in total. The van der Waals surface area contributed by atoms with Crippen LogP contribution in [0.15, 0.2) is 22.9 Å². The Morgan fingerprint density at radius 1 is 1.31 bits per heavy atom. The SMILES string of the molecule is Cn1cnnc1C1CCN(c2c(Br)ccc(OC(O)(O)O)c2C#N)CC1. The zero-order chi connectivity index (χ0) is 18.9. The van der Waals surface area contributed by atoms with Gasteiger partial charge in [0, 0.05) is 30.5 Å². The molecule has 2 aromatic rings. The van der Waals surface area contributed by atoms with Crippen LogP contribution in [0.25, 0.3) is 0 Å². The molecular formula is C16H18BrN5O4. The molecule has 0 bridgehead atoms. The number of aryl methyl sites for hydroxylation is 1. The van der Waals surface area contributed by atoms with Crippen molar-refractivity contribution in [2.45, 2.75) is 24.9 Å². The first kappa shape index (κ1) is 18.6. The summed E-state index contributed by atoms with van der Waals surface area (Å²) in [4.78, 5) is 2.02. The number of ether oxygens (including phenoxy) is 1. The lowest BCUT2D eigenvalue weighted by Gasteiger charge is -2.34. The van der Waals surface area contributed by atoms with E-state index in [9.17, 15) is 5.26 Å². The smallest absolute Gasteiger partial charge is 0.415 e. The molecule has 1 aromatic heterocycles. The second-order valence-corrected chi connectivity index (χ2v) is 6.97. The second kappa shape index (κ2) is 7.20. The Bertz CT molecular complexity index is 834. The number of hydrogen-bond acceptors (Lipinski definition) is 8. The van der Waals surface area contributed by atoms with E-state index in [1.54, 1.807) is 12.4 Å². The Morgan fingerprint density at radius 3 is 2.54 bits per heavy atom.